The second-order valence-corrected chi connectivity index (χ2v) is 21.6. The average Bonchev–Trinajstić information content (AvgIpc) is 3.40. The van der Waals surface area contributed by atoms with Crippen molar-refractivity contribution in [3.8, 4) is 0 Å². The van der Waals surface area contributed by atoms with Gasteiger partial charge in [-0.05, 0) is 83.5 Å². The molecule has 440 valence electrons. The number of ether oxygens (including phenoxy) is 4. The predicted octanol–water partition coefficient (Wildman–Crippen LogP) is 17.3. The van der Waals surface area contributed by atoms with Gasteiger partial charge < -0.3 is 33.3 Å². The lowest BCUT2D eigenvalue weighted by molar-refractivity contribution is -0.870. The minimum absolute atomic E-state index is 0.136. The van der Waals surface area contributed by atoms with Gasteiger partial charge in [0.2, 0.25) is 0 Å². The first-order valence-corrected chi connectivity index (χ1v) is 31.0. The lowest BCUT2D eigenvalue weighted by Gasteiger charge is -2.26. The van der Waals surface area contributed by atoms with E-state index in [1.165, 1.54) is 116 Å². The van der Waals surface area contributed by atoms with Crippen LogP contribution in [0.3, 0.4) is 0 Å². The van der Waals surface area contributed by atoms with Crippen molar-refractivity contribution in [3.63, 3.8) is 0 Å². The molecule has 9 heteroatoms. The van der Waals surface area contributed by atoms with Crippen LogP contribution in [-0.4, -0.2) is 82.3 Å². The number of carbonyl (C=O) groups is 3. The van der Waals surface area contributed by atoms with Crippen molar-refractivity contribution in [1.29, 1.82) is 0 Å². The topological polar surface area (TPSA) is 111 Å². The number of carboxylic acid groups (broad SMARTS) is 1. The molecule has 0 radical (unpaired) electrons. The minimum atomic E-state index is -1.64. The minimum Gasteiger partial charge on any atom is -0.545 e. The molecule has 0 fully saturated rings. The Morgan fingerprint density at radius 2 is 0.740 bits per heavy atom. The van der Waals surface area contributed by atoms with E-state index >= 15 is 0 Å². The SMILES string of the molecule is CC/C=C\C/C=C\C/C=C\C/C=C\C/C=C\C/C=C\C/C=C\C/C=C\C/C=C\CCCCCC(=O)OC(COC(=O)CCCCCCCCCCCCCCCCCCCCCCC)COC(OCC[N+](C)(C)C)C(=O)[O-]. The molecule has 0 rings (SSSR count). The smallest absolute Gasteiger partial charge is 0.306 e. The second kappa shape index (κ2) is 58.1. The number of nitrogens with zero attached hydrogens (tertiary/aromatic N) is 1. The molecule has 0 spiro atoms. The third kappa shape index (κ3) is 59.5. The molecule has 0 aliphatic heterocycles. The van der Waals surface area contributed by atoms with Crippen LogP contribution < -0.4 is 5.11 Å². The van der Waals surface area contributed by atoms with Gasteiger partial charge in [0.05, 0.1) is 40.3 Å². The van der Waals surface area contributed by atoms with Gasteiger partial charge in [0, 0.05) is 12.8 Å². The number of hydrogen-bond acceptors (Lipinski definition) is 8. The Balaban J connectivity index is 4.31. The quantitative estimate of drug-likeness (QED) is 0.0195. The molecule has 0 aromatic heterocycles. The van der Waals surface area contributed by atoms with E-state index in [4.69, 9.17) is 18.9 Å². The molecule has 0 saturated heterocycles. The molecule has 2 atom stereocenters. The zero-order valence-corrected chi connectivity index (χ0v) is 50.0. The van der Waals surface area contributed by atoms with Crippen molar-refractivity contribution < 1.29 is 42.9 Å². The van der Waals surface area contributed by atoms with Crippen LogP contribution in [-0.2, 0) is 33.3 Å². The molecule has 0 aliphatic rings. The molecule has 0 heterocycles. The summed E-state index contributed by atoms with van der Waals surface area (Å²) in [6.45, 7) is 4.61. The van der Waals surface area contributed by atoms with E-state index in [2.05, 4.69) is 123 Å². The summed E-state index contributed by atoms with van der Waals surface area (Å²) >= 11 is 0. The van der Waals surface area contributed by atoms with Crippen LogP contribution in [0.2, 0.25) is 0 Å². The summed E-state index contributed by atoms with van der Waals surface area (Å²) in [7, 11) is 5.91. The molecule has 77 heavy (non-hydrogen) atoms. The van der Waals surface area contributed by atoms with Crippen LogP contribution in [0.1, 0.15) is 245 Å². The van der Waals surface area contributed by atoms with E-state index in [0.29, 0.717) is 17.4 Å². The van der Waals surface area contributed by atoms with Crippen molar-refractivity contribution in [2.24, 2.45) is 0 Å². The van der Waals surface area contributed by atoms with E-state index in [1.807, 2.05) is 21.1 Å². The highest BCUT2D eigenvalue weighted by molar-refractivity contribution is 5.70. The third-order valence-corrected chi connectivity index (χ3v) is 13.0. The van der Waals surface area contributed by atoms with Gasteiger partial charge in [-0.3, -0.25) is 9.59 Å². The second-order valence-electron chi connectivity index (χ2n) is 21.6. The van der Waals surface area contributed by atoms with Gasteiger partial charge in [-0.15, -0.1) is 0 Å². The summed E-state index contributed by atoms with van der Waals surface area (Å²) in [5.41, 5.74) is 0. The zero-order chi connectivity index (χ0) is 56.2. The molecular formula is C68H115NO8. The average molecular weight is 1070 g/mol. The number of esters is 2. The summed E-state index contributed by atoms with van der Waals surface area (Å²) < 4.78 is 22.7. The fraction of sp³-hybridized carbons (Fsp3) is 0.691. The number of unbranched alkanes of at least 4 members (excludes halogenated alkanes) is 23. The number of quaternary nitrogens is 1. The van der Waals surface area contributed by atoms with Gasteiger partial charge >= 0.3 is 11.9 Å². The van der Waals surface area contributed by atoms with E-state index < -0.39 is 24.3 Å². The highest BCUT2D eigenvalue weighted by atomic mass is 16.7. The van der Waals surface area contributed by atoms with Crippen molar-refractivity contribution in [2.75, 3.05) is 47.5 Å². The molecule has 9 nitrogen and oxygen atoms in total. The van der Waals surface area contributed by atoms with Crippen LogP contribution in [0.4, 0.5) is 0 Å². The largest absolute Gasteiger partial charge is 0.545 e. The fourth-order valence-electron chi connectivity index (χ4n) is 8.29. The van der Waals surface area contributed by atoms with Gasteiger partial charge in [0.25, 0.3) is 0 Å². The number of aliphatic carboxylic acids is 1. The van der Waals surface area contributed by atoms with Crippen LogP contribution in [0.25, 0.3) is 0 Å². The number of carbonyl (C=O) groups excluding carboxylic acids is 3. The maximum Gasteiger partial charge on any atom is 0.306 e. The predicted molar refractivity (Wildman–Crippen MR) is 324 cm³/mol. The van der Waals surface area contributed by atoms with Crippen molar-refractivity contribution in [2.45, 2.75) is 257 Å². The highest BCUT2D eigenvalue weighted by Gasteiger charge is 2.22. The van der Waals surface area contributed by atoms with Crippen molar-refractivity contribution >= 4 is 17.9 Å². The molecule has 0 aromatic carbocycles. The number of allylic oxidation sites excluding steroid dienone is 18. The normalized spacial score (nSPS) is 13.5. The molecule has 2 unspecified atom stereocenters. The summed E-state index contributed by atoms with van der Waals surface area (Å²) in [6, 6.07) is 0. The van der Waals surface area contributed by atoms with Gasteiger partial charge in [-0.2, -0.15) is 0 Å². The Hall–Kier alpha value is -4.05. The molecule has 0 aromatic rings. The van der Waals surface area contributed by atoms with Gasteiger partial charge in [0.1, 0.15) is 13.2 Å². The van der Waals surface area contributed by atoms with Crippen LogP contribution >= 0.6 is 0 Å². The summed E-state index contributed by atoms with van der Waals surface area (Å²) in [5.74, 6) is -2.33. The van der Waals surface area contributed by atoms with E-state index in [0.717, 1.165) is 96.3 Å². The lowest BCUT2D eigenvalue weighted by atomic mass is 10.0. The Morgan fingerprint density at radius 1 is 0.403 bits per heavy atom. The summed E-state index contributed by atoms with van der Waals surface area (Å²) in [6.07, 6.45) is 77.2. The van der Waals surface area contributed by atoms with Crippen molar-refractivity contribution in [1.82, 2.24) is 0 Å². The van der Waals surface area contributed by atoms with E-state index in [1.54, 1.807) is 0 Å². The Bertz CT molecular complexity index is 1630. The highest BCUT2D eigenvalue weighted by Crippen LogP contribution is 2.16. The fourth-order valence-corrected chi connectivity index (χ4v) is 8.29. The molecule has 0 N–H and O–H groups in total. The Morgan fingerprint density at radius 3 is 1.10 bits per heavy atom. The molecule has 0 amide bonds. The summed E-state index contributed by atoms with van der Waals surface area (Å²) in [4.78, 5) is 37.3. The number of hydrogen-bond donors (Lipinski definition) is 0. The van der Waals surface area contributed by atoms with Crippen molar-refractivity contribution in [3.05, 3.63) is 109 Å². The first-order valence-electron chi connectivity index (χ1n) is 31.0. The molecular weight excluding hydrogens is 959 g/mol. The monoisotopic (exact) mass is 1070 g/mol. The first-order chi connectivity index (χ1) is 37.6. The maximum absolute atomic E-state index is 12.9. The number of carboxylic acids is 1. The third-order valence-electron chi connectivity index (χ3n) is 13.0. The van der Waals surface area contributed by atoms with E-state index in [-0.39, 0.29) is 38.6 Å². The van der Waals surface area contributed by atoms with Gasteiger partial charge in [-0.1, -0.05) is 258 Å². The van der Waals surface area contributed by atoms with E-state index in [9.17, 15) is 19.5 Å². The molecule has 0 bridgehead atoms. The zero-order valence-electron chi connectivity index (χ0n) is 50.0. The standard InChI is InChI=1S/C68H115NO8/c1-6-8-10-12-14-16-18-20-22-24-26-28-29-30-31-32-33-34-35-36-37-39-41-43-45-47-49-51-53-55-57-59-66(71)77-64(63-76-68(67(72)73)74-61-60-69(3,4)5)62-75-65(70)58-56-54-52-50-48-46-44-42-40-38-27-25-23-21-19-17-15-13-11-9-7-2/h8,10,14,16,20,22,26,28,30-31,33-34,36-37,41,43,47,49,64,68H,6-7,9,11-13,15,17-19,21,23-25,27,29,32,35,38-40,42,44-46,48,50-63H2,1-5H3/b10-8-,16-14-,22-20-,28-26-,31-30-,34-33-,37-36-,43-41-,49-47-. The Labute approximate surface area is 473 Å². The van der Waals surface area contributed by atoms with Crippen LogP contribution in [0.5, 0.6) is 0 Å². The Kier molecular flexibility index (Phi) is 55.1. The number of rotatable bonds is 56. The first kappa shape index (κ1) is 73.0. The molecule has 0 saturated carbocycles. The van der Waals surface area contributed by atoms with Gasteiger partial charge in [0.15, 0.2) is 12.4 Å². The summed E-state index contributed by atoms with van der Waals surface area (Å²) in [5, 5.41) is 11.8. The molecule has 0 aliphatic carbocycles. The van der Waals surface area contributed by atoms with Gasteiger partial charge in [-0.25, -0.2) is 0 Å². The lowest BCUT2D eigenvalue weighted by Crippen LogP contribution is -2.44. The van der Waals surface area contributed by atoms with Crippen LogP contribution in [0, 0.1) is 0 Å². The number of likely N-dealkylation sites (N-methyl/N-ethyl adjacent to an activating group) is 1. The van der Waals surface area contributed by atoms with Crippen LogP contribution in [0.15, 0.2) is 109 Å². The maximum atomic E-state index is 12.9.